The number of carbonyl (C=O) groups excluding carboxylic acids is 1. The van der Waals surface area contributed by atoms with Crippen LogP contribution in [-0.4, -0.2) is 47.9 Å². The summed E-state index contributed by atoms with van der Waals surface area (Å²) in [7, 11) is 3.88. The number of para-hydroxylation sites is 1. The number of furan rings is 1. The van der Waals surface area contributed by atoms with Crippen molar-refractivity contribution in [2.75, 3.05) is 32.5 Å². The maximum atomic E-state index is 12.6. The second-order valence-electron chi connectivity index (χ2n) is 7.61. The Morgan fingerprint density at radius 3 is 2.97 bits per heavy atom. The van der Waals surface area contributed by atoms with Crippen LogP contribution >= 0.6 is 12.4 Å². The molecule has 1 aromatic carbocycles. The Morgan fingerprint density at radius 2 is 2.17 bits per heavy atom. The molecule has 158 valence electrons. The second kappa shape index (κ2) is 9.32. The molecular weight excluding hydrogens is 400 g/mol. The summed E-state index contributed by atoms with van der Waals surface area (Å²) in [6.07, 6.45) is 5.21. The highest BCUT2D eigenvalue weighted by Crippen LogP contribution is 2.26. The maximum Gasteiger partial charge on any atom is 0.246 e. The van der Waals surface area contributed by atoms with Gasteiger partial charge in [-0.15, -0.1) is 12.4 Å². The van der Waals surface area contributed by atoms with Crippen LogP contribution in [0.25, 0.3) is 17.0 Å². The fourth-order valence-corrected chi connectivity index (χ4v) is 3.60. The molecule has 0 saturated carbocycles. The number of aryl methyl sites for hydroxylation is 1. The molecule has 3 heterocycles. The molecule has 6 nitrogen and oxygen atoms in total. The van der Waals surface area contributed by atoms with E-state index in [1.807, 2.05) is 37.3 Å². The zero-order valence-corrected chi connectivity index (χ0v) is 18.3. The third kappa shape index (κ3) is 4.66. The van der Waals surface area contributed by atoms with E-state index >= 15 is 0 Å². The summed E-state index contributed by atoms with van der Waals surface area (Å²) in [5.41, 5.74) is 4.00. The minimum Gasteiger partial charge on any atom is -0.459 e. The standard InChI is InChI=1S/C23H26N4O2.ClH/c1-16-19-6-4-5-7-20(19)29-21(16)15-27(3)22(28)9-8-17-12-18-14-26(2)11-10-24-23(18)25-13-17;/h4-9,12-13H,10-11,14-15H2,1-3H3,(H,24,25);1H/b9-8+;. The Hall–Kier alpha value is -2.83. The molecule has 2 aromatic heterocycles. The molecule has 0 radical (unpaired) electrons. The molecule has 30 heavy (non-hydrogen) atoms. The molecule has 0 saturated heterocycles. The zero-order chi connectivity index (χ0) is 20.4. The summed E-state index contributed by atoms with van der Waals surface area (Å²) in [5.74, 6) is 1.67. The van der Waals surface area contributed by atoms with E-state index in [9.17, 15) is 4.79 Å². The molecule has 7 heteroatoms. The normalized spacial score (nSPS) is 14.1. The van der Waals surface area contributed by atoms with Gasteiger partial charge in [-0.3, -0.25) is 4.79 Å². The van der Waals surface area contributed by atoms with Gasteiger partial charge >= 0.3 is 0 Å². The van der Waals surface area contributed by atoms with E-state index in [0.717, 1.165) is 58.9 Å². The van der Waals surface area contributed by atoms with Gasteiger partial charge in [0.15, 0.2) is 0 Å². The molecular formula is C23H27ClN4O2. The van der Waals surface area contributed by atoms with Crippen LogP contribution in [0.5, 0.6) is 0 Å². The Bertz CT molecular complexity index is 1080. The molecule has 3 aromatic rings. The van der Waals surface area contributed by atoms with E-state index in [1.165, 1.54) is 0 Å². The molecule has 0 bridgehead atoms. The number of rotatable bonds is 4. The molecule has 0 unspecified atom stereocenters. The highest BCUT2D eigenvalue weighted by molar-refractivity contribution is 5.91. The van der Waals surface area contributed by atoms with Crippen LogP contribution in [0.1, 0.15) is 22.5 Å². The first kappa shape index (κ1) is 21.9. The van der Waals surface area contributed by atoms with Gasteiger partial charge in [-0.25, -0.2) is 4.98 Å². The van der Waals surface area contributed by atoms with Crippen LogP contribution in [-0.2, 0) is 17.9 Å². The first-order valence-corrected chi connectivity index (χ1v) is 9.83. The highest BCUT2D eigenvalue weighted by atomic mass is 35.5. The maximum absolute atomic E-state index is 12.6. The van der Waals surface area contributed by atoms with E-state index in [-0.39, 0.29) is 18.3 Å². The summed E-state index contributed by atoms with van der Waals surface area (Å²) in [6.45, 7) is 5.17. The summed E-state index contributed by atoms with van der Waals surface area (Å²) in [4.78, 5) is 21.0. The van der Waals surface area contributed by atoms with Gasteiger partial charge in [0.25, 0.3) is 0 Å². The number of nitrogens with one attached hydrogen (secondary N) is 1. The van der Waals surface area contributed by atoms with Crippen molar-refractivity contribution in [3.63, 3.8) is 0 Å². The summed E-state index contributed by atoms with van der Waals surface area (Å²) >= 11 is 0. The topological polar surface area (TPSA) is 61.6 Å². The van der Waals surface area contributed by atoms with Crippen molar-refractivity contribution in [2.24, 2.45) is 0 Å². The molecule has 1 N–H and O–H groups in total. The van der Waals surface area contributed by atoms with Crippen molar-refractivity contribution in [2.45, 2.75) is 20.0 Å². The molecule has 1 aliphatic heterocycles. The smallest absolute Gasteiger partial charge is 0.246 e. The number of likely N-dealkylation sites (N-methyl/N-ethyl adjacent to an activating group) is 2. The van der Waals surface area contributed by atoms with Gasteiger partial charge in [0, 0.05) is 55.5 Å². The Balaban J connectivity index is 0.00000256. The number of nitrogens with zero attached hydrogens (tertiary/aromatic N) is 3. The SMILES string of the molecule is Cc1c(CN(C)C(=O)/C=C/c2cnc3c(c2)CN(C)CCN3)oc2ccccc12.Cl. The van der Waals surface area contributed by atoms with E-state index in [4.69, 9.17) is 4.42 Å². The molecule has 0 atom stereocenters. The number of aromatic nitrogens is 1. The summed E-state index contributed by atoms with van der Waals surface area (Å²) < 4.78 is 5.93. The van der Waals surface area contributed by atoms with Gasteiger partial charge in [-0.2, -0.15) is 0 Å². The Kier molecular flexibility index (Phi) is 6.80. The van der Waals surface area contributed by atoms with E-state index < -0.39 is 0 Å². The number of fused-ring (bicyclic) bond motifs is 2. The molecule has 1 amide bonds. The lowest BCUT2D eigenvalue weighted by Gasteiger charge is -2.14. The molecule has 4 rings (SSSR count). The number of hydrogen-bond acceptors (Lipinski definition) is 5. The molecule has 0 spiro atoms. The van der Waals surface area contributed by atoms with E-state index in [0.29, 0.717) is 6.54 Å². The zero-order valence-electron chi connectivity index (χ0n) is 17.5. The van der Waals surface area contributed by atoms with Crippen LogP contribution in [0.2, 0.25) is 0 Å². The van der Waals surface area contributed by atoms with Crippen molar-refractivity contribution in [1.29, 1.82) is 0 Å². The van der Waals surface area contributed by atoms with Gasteiger partial charge in [0.05, 0.1) is 6.54 Å². The number of anilines is 1. The van der Waals surface area contributed by atoms with Crippen molar-refractivity contribution in [1.82, 2.24) is 14.8 Å². The summed E-state index contributed by atoms with van der Waals surface area (Å²) in [6, 6.07) is 10.0. The third-order valence-electron chi connectivity index (χ3n) is 5.33. The number of pyridine rings is 1. The lowest BCUT2D eigenvalue weighted by Crippen LogP contribution is -2.24. The summed E-state index contributed by atoms with van der Waals surface area (Å²) in [5, 5.41) is 4.44. The minimum absolute atomic E-state index is 0. The quantitative estimate of drug-likeness (QED) is 0.637. The number of hydrogen-bond donors (Lipinski definition) is 1. The van der Waals surface area contributed by atoms with E-state index in [2.05, 4.69) is 28.3 Å². The van der Waals surface area contributed by atoms with Crippen LogP contribution in [0.15, 0.2) is 47.0 Å². The van der Waals surface area contributed by atoms with Gasteiger partial charge in [0.1, 0.15) is 17.2 Å². The van der Waals surface area contributed by atoms with Crippen molar-refractivity contribution in [3.8, 4) is 0 Å². The predicted molar refractivity (Wildman–Crippen MR) is 123 cm³/mol. The number of carbonyl (C=O) groups is 1. The van der Waals surface area contributed by atoms with Crippen molar-refractivity contribution >= 4 is 41.2 Å². The first-order chi connectivity index (χ1) is 14.0. The highest BCUT2D eigenvalue weighted by Gasteiger charge is 2.15. The Morgan fingerprint density at radius 1 is 1.37 bits per heavy atom. The molecule has 0 aliphatic carbocycles. The van der Waals surface area contributed by atoms with Crippen LogP contribution < -0.4 is 5.32 Å². The van der Waals surface area contributed by atoms with E-state index in [1.54, 1.807) is 24.2 Å². The predicted octanol–water partition coefficient (Wildman–Crippen LogP) is 4.09. The van der Waals surface area contributed by atoms with Gasteiger partial charge in [-0.1, -0.05) is 18.2 Å². The average Bonchev–Trinajstić information content (AvgIpc) is 2.90. The monoisotopic (exact) mass is 426 g/mol. The van der Waals surface area contributed by atoms with Gasteiger partial charge in [-0.05, 0) is 37.7 Å². The molecule has 1 aliphatic rings. The Labute approximate surface area is 183 Å². The van der Waals surface area contributed by atoms with Gasteiger partial charge < -0.3 is 19.5 Å². The fraction of sp³-hybridized carbons (Fsp3) is 0.304. The number of amides is 1. The lowest BCUT2D eigenvalue weighted by molar-refractivity contribution is -0.125. The molecule has 0 fully saturated rings. The van der Waals surface area contributed by atoms with Crippen molar-refractivity contribution in [3.05, 3.63) is 65.1 Å². The fourth-order valence-electron chi connectivity index (χ4n) is 3.60. The second-order valence-corrected chi connectivity index (χ2v) is 7.61. The van der Waals surface area contributed by atoms with Crippen LogP contribution in [0.4, 0.5) is 5.82 Å². The van der Waals surface area contributed by atoms with Crippen LogP contribution in [0.3, 0.4) is 0 Å². The third-order valence-corrected chi connectivity index (χ3v) is 5.33. The average molecular weight is 427 g/mol. The van der Waals surface area contributed by atoms with Crippen molar-refractivity contribution < 1.29 is 9.21 Å². The lowest BCUT2D eigenvalue weighted by atomic mass is 10.1. The largest absolute Gasteiger partial charge is 0.459 e. The van der Waals surface area contributed by atoms with Gasteiger partial charge in [0.2, 0.25) is 5.91 Å². The van der Waals surface area contributed by atoms with Crippen LogP contribution in [0, 0.1) is 6.92 Å². The number of benzene rings is 1. The first-order valence-electron chi connectivity index (χ1n) is 9.83. The number of halogens is 1. The minimum atomic E-state index is -0.0740.